The molecule has 0 saturated heterocycles. The predicted octanol–water partition coefficient (Wildman–Crippen LogP) is 1.38. The van der Waals surface area contributed by atoms with Crippen LogP contribution in [0.2, 0.25) is 0 Å². The Morgan fingerprint density at radius 2 is 2.15 bits per heavy atom. The quantitative estimate of drug-likeness (QED) is 0.566. The Morgan fingerprint density at radius 1 is 1.38 bits per heavy atom. The summed E-state index contributed by atoms with van der Waals surface area (Å²) >= 11 is 0. The van der Waals surface area contributed by atoms with Gasteiger partial charge < -0.3 is 14.7 Å². The third-order valence-electron chi connectivity index (χ3n) is 1.55. The summed E-state index contributed by atoms with van der Waals surface area (Å²) < 4.78 is 4.91. The van der Waals surface area contributed by atoms with E-state index in [1.54, 1.807) is 18.2 Å². The van der Waals surface area contributed by atoms with Crippen molar-refractivity contribution in [2.45, 2.75) is 0 Å². The van der Waals surface area contributed by atoms with Crippen LogP contribution < -0.4 is 4.74 Å². The monoisotopic (exact) mass is 181 g/mol. The highest BCUT2D eigenvalue weighted by molar-refractivity contribution is 5.84. The summed E-state index contributed by atoms with van der Waals surface area (Å²) in [6.07, 6.45) is 1.41. The first-order chi connectivity index (χ1) is 6.29. The molecule has 13 heavy (non-hydrogen) atoms. The van der Waals surface area contributed by atoms with Crippen molar-refractivity contribution >= 4 is 6.21 Å². The zero-order valence-corrected chi connectivity index (χ0v) is 7.52. The van der Waals surface area contributed by atoms with Crippen LogP contribution in [0.4, 0.5) is 0 Å². The standard InChI is InChI=1S/C9H11NO3/c1-12-8-5-3-4-7(9(8)11)6-10-13-2/h3-6,11H,1-2H3/b10-6+. The van der Waals surface area contributed by atoms with Gasteiger partial charge in [-0.2, -0.15) is 0 Å². The Labute approximate surface area is 76.4 Å². The summed E-state index contributed by atoms with van der Waals surface area (Å²) in [6.45, 7) is 0. The van der Waals surface area contributed by atoms with Crippen LogP contribution in [0.15, 0.2) is 23.4 Å². The van der Waals surface area contributed by atoms with Gasteiger partial charge >= 0.3 is 0 Å². The number of nitrogens with zero attached hydrogens (tertiary/aromatic N) is 1. The molecule has 0 unspecified atom stereocenters. The molecule has 1 rings (SSSR count). The van der Waals surface area contributed by atoms with E-state index in [0.717, 1.165) is 0 Å². The number of phenolic OH excluding ortho intramolecular Hbond substituents is 1. The average molecular weight is 181 g/mol. The van der Waals surface area contributed by atoms with E-state index in [1.807, 2.05) is 0 Å². The number of rotatable bonds is 3. The number of benzene rings is 1. The lowest BCUT2D eigenvalue weighted by Gasteiger charge is -2.04. The normalized spacial score (nSPS) is 10.3. The Bertz CT molecular complexity index is 310. The third kappa shape index (κ3) is 2.11. The van der Waals surface area contributed by atoms with Gasteiger partial charge in [0.2, 0.25) is 0 Å². The van der Waals surface area contributed by atoms with Gasteiger partial charge in [0.1, 0.15) is 7.11 Å². The molecular formula is C9H11NO3. The van der Waals surface area contributed by atoms with Crippen molar-refractivity contribution in [3.63, 3.8) is 0 Å². The maximum Gasteiger partial charge on any atom is 0.166 e. The second kappa shape index (κ2) is 4.35. The highest BCUT2D eigenvalue weighted by Crippen LogP contribution is 2.27. The predicted molar refractivity (Wildman–Crippen MR) is 49.3 cm³/mol. The Hall–Kier alpha value is -1.71. The molecule has 0 aliphatic rings. The van der Waals surface area contributed by atoms with Crippen LogP contribution in [0.1, 0.15) is 5.56 Å². The van der Waals surface area contributed by atoms with Crippen molar-refractivity contribution in [1.29, 1.82) is 0 Å². The van der Waals surface area contributed by atoms with Crippen LogP contribution in [-0.2, 0) is 4.84 Å². The number of hydrogen-bond donors (Lipinski definition) is 1. The van der Waals surface area contributed by atoms with E-state index < -0.39 is 0 Å². The maximum absolute atomic E-state index is 9.54. The highest BCUT2D eigenvalue weighted by Gasteiger charge is 2.04. The van der Waals surface area contributed by atoms with E-state index in [1.165, 1.54) is 20.4 Å². The molecule has 1 N–H and O–H groups in total. The number of phenols is 1. The van der Waals surface area contributed by atoms with Gasteiger partial charge in [-0.05, 0) is 12.1 Å². The van der Waals surface area contributed by atoms with E-state index in [9.17, 15) is 5.11 Å². The summed E-state index contributed by atoms with van der Waals surface area (Å²) in [6, 6.07) is 5.13. The fourth-order valence-corrected chi connectivity index (χ4v) is 0.918. The second-order valence-electron chi connectivity index (χ2n) is 2.32. The van der Waals surface area contributed by atoms with Crippen molar-refractivity contribution in [2.75, 3.05) is 14.2 Å². The largest absolute Gasteiger partial charge is 0.504 e. The molecule has 0 heterocycles. The molecule has 0 fully saturated rings. The van der Waals surface area contributed by atoms with Crippen LogP contribution in [0.5, 0.6) is 11.5 Å². The van der Waals surface area contributed by atoms with Gasteiger partial charge in [-0.25, -0.2) is 0 Å². The maximum atomic E-state index is 9.54. The van der Waals surface area contributed by atoms with Crippen molar-refractivity contribution in [3.8, 4) is 11.5 Å². The zero-order valence-electron chi connectivity index (χ0n) is 7.52. The first kappa shape index (κ1) is 9.38. The minimum absolute atomic E-state index is 0.0609. The Morgan fingerprint density at radius 3 is 2.77 bits per heavy atom. The molecule has 0 bridgehead atoms. The number of para-hydroxylation sites is 1. The van der Waals surface area contributed by atoms with Crippen molar-refractivity contribution < 1.29 is 14.7 Å². The van der Waals surface area contributed by atoms with Gasteiger partial charge in [-0.3, -0.25) is 0 Å². The third-order valence-corrected chi connectivity index (χ3v) is 1.55. The van der Waals surface area contributed by atoms with Crippen LogP contribution in [0, 0.1) is 0 Å². The Balaban J connectivity index is 3.01. The molecule has 0 aliphatic carbocycles. The van der Waals surface area contributed by atoms with E-state index in [2.05, 4.69) is 9.99 Å². The molecule has 1 aromatic rings. The molecule has 0 radical (unpaired) electrons. The second-order valence-corrected chi connectivity index (χ2v) is 2.32. The lowest BCUT2D eigenvalue weighted by atomic mass is 10.2. The van der Waals surface area contributed by atoms with Crippen molar-refractivity contribution in [1.82, 2.24) is 0 Å². The van der Waals surface area contributed by atoms with E-state index in [0.29, 0.717) is 11.3 Å². The lowest BCUT2D eigenvalue weighted by molar-refractivity contribution is 0.215. The lowest BCUT2D eigenvalue weighted by Crippen LogP contribution is -1.88. The van der Waals surface area contributed by atoms with Gasteiger partial charge in [-0.1, -0.05) is 11.2 Å². The molecule has 0 atom stereocenters. The molecule has 0 saturated carbocycles. The van der Waals surface area contributed by atoms with Gasteiger partial charge in [-0.15, -0.1) is 0 Å². The molecule has 4 heteroatoms. The van der Waals surface area contributed by atoms with Gasteiger partial charge in [0.15, 0.2) is 11.5 Å². The summed E-state index contributed by atoms with van der Waals surface area (Å²) in [7, 11) is 2.93. The number of hydrogen-bond acceptors (Lipinski definition) is 4. The fourth-order valence-electron chi connectivity index (χ4n) is 0.918. The molecule has 1 aromatic carbocycles. The minimum Gasteiger partial charge on any atom is -0.504 e. The van der Waals surface area contributed by atoms with E-state index >= 15 is 0 Å². The molecular weight excluding hydrogens is 170 g/mol. The van der Waals surface area contributed by atoms with Crippen LogP contribution in [0.3, 0.4) is 0 Å². The fraction of sp³-hybridized carbons (Fsp3) is 0.222. The van der Waals surface area contributed by atoms with Crippen LogP contribution >= 0.6 is 0 Å². The zero-order chi connectivity index (χ0) is 9.68. The first-order valence-corrected chi connectivity index (χ1v) is 3.72. The minimum atomic E-state index is 0.0609. The first-order valence-electron chi connectivity index (χ1n) is 3.72. The van der Waals surface area contributed by atoms with Crippen molar-refractivity contribution in [2.24, 2.45) is 5.16 Å². The average Bonchev–Trinajstić information content (AvgIpc) is 2.16. The number of ether oxygens (including phenoxy) is 1. The van der Waals surface area contributed by atoms with Crippen molar-refractivity contribution in [3.05, 3.63) is 23.8 Å². The van der Waals surface area contributed by atoms with Crippen LogP contribution in [-0.4, -0.2) is 25.5 Å². The van der Waals surface area contributed by atoms with Crippen LogP contribution in [0.25, 0.3) is 0 Å². The molecule has 0 spiro atoms. The molecule has 0 aromatic heterocycles. The molecule has 0 aliphatic heterocycles. The summed E-state index contributed by atoms with van der Waals surface area (Å²) in [5.41, 5.74) is 0.557. The highest BCUT2D eigenvalue weighted by atomic mass is 16.6. The number of aromatic hydroxyl groups is 1. The van der Waals surface area contributed by atoms with Gasteiger partial charge in [0.05, 0.1) is 13.3 Å². The van der Waals surface area contributed by atoms with Gasteiger partial charge in [0, 0.05) is 5.56 Å². The topological polar surface area (TPSA) is 51.0 Å². The summed E-state index contributed by atoms with van der Waals surface area (Å²) in [4.78, 5) is 4.49. The molecule has 0 amide bonds. The Kier molecular flexibility index (Phi) is 3.14. The number of oxime groups is 1. The van der Waals surface area contributed by atoms with E-state index in [-0.39, 0.29) is 5.75 Å². The smallest absolute Gasteiger partial charge is 0.166 e. The van der Waals surface area contributed by atoms with E-state index in [4.69, 9.17) is 4.74 Å². The molecule has 4 nitrogen and oxygen atoms in total. The summed E-state index contributed by atoms with van der Waals surface area (Å²) in [5, 5.41) is 13.1. The summed E-state index contributed by atoms with van der Waals surface area (Å²) in [5.74, 6) is 0.478. The SMILES string of the molecule is CO/N=C/c1cccc(OC)c1O. The number of methoxy groups -OCH3 is 1. The molecule has 70 valence electrons. The van der Waals surface area contributed by atoms with Gasteiger partial charge in [0.25, 0.3) is 0 Å².